The first-order valence-corrected chi connectivity index (χ1v) is 9.27. The van der Waals surface area contributed by atoms with Crippen LogP contribution in [-0.2, 0) is 9.59 Å². The fraction of sp³-hybridized carbons (Fsp3) is 0. The number of amides is 2. The summed E-state index contributed by atoms with van der Waals surface area (Å²) in [6, 6.07) is 17.8. The molecule has 9 heteroatoms. The van der Waals surface area contributed by atoms with Crippen molar-refractivity contribution in [2.75, 3.05) is 5.32 Å². The van der Waals surface area contributed by atoms with E-state index in [1.165, 1.54) is 24.4 Å². The van der Waals surface area contributed by atoms with Gasteiger partial charge in [0.25, 0.3) is 0 Å². The number of hydrogen-bond acceptors (Lipinski definition) is 5. The maximum atomic E-state index is 12.9. The van der Waals surface area contributed by atoms with E-state index in [0.29, 0.717) is 5.56 Å². The van der Waals surface area contributed by atoms with E-state index in [9.17, 15) is 18.8 Å². The Morgan fingerprint density at radius 2 is 1.68 bits per heavy atom. The van der Waals surface area contributed by atoms with Crippen molar-refractivity contribution in [1.29, 1.82) is 0 Å². The van der Waals surface area contributed by atoms with E-state index in [0.717, 1.165) is 12.1 Å². The summed E-state index contributed by atoms with van der Waals surface area (Å²) >= 11 is 5.99. The van der Waals surface area contributed by atoms with Crippen LogP contribution in [0.15, 0.2) is 77.9 Å². The molecule has 31 heavy (non-hydrogen) atoms. The first-order valence-electron chi connectivity index (χ1n) is 8.89. The third-order valence-electron chi connectivity index (χ3n) is 3.85. The number of carbonyl (C=O) groups excluding carboxylic acids is 3. The van der Waals surface area contributed by atoms with Crippen LogP contribution in [0.4, 0.5) is 10.1 Å². The second-order valence-corrected chi connectivity index (χ2v) is 6.51. The van der Waals surface area contributed by atoms with Crippen LogP contribution in [0.3, 0.4) is 0 Å². The van der Waals surface area contributed by atoms with Crippen molar-refractivity contribution in [3.63, 3.8) is 0 Å². The molecule has 0 atom stereocenters. The average molecular weight is 440 g/mol. The lowest BCUT2D eigenvalue weighted by atomic mass is 10.2. The van der Waals surface area contributed by atoms with Crippen molar-refractivity contribution in [1.82, 2.24) is 5.43 Å². The van der Waals surface area contributed by atoms with Gasteiger partial charge in [-0.2, -0.15) is 5.10 Å². The molecule has 156 valence electrons. The second kappa shape index (κ2) is 10.1. The van der Waals surface area contributed by atoms with Crippen molar-refractivity contribution >= 4 is 41.3 Å². The summed E-state index contributed by atoms with van der Waals surface area (Å²) in [5, 5.41) is 6.28. The van der Waals surface area contributed by atoms with Gasteiger partial charge in [-0.05, 0) is 54.1 Å². The number of rotatable bonds is 5. The third-order valence-corrected chi connectivity index (χ3v) is 4.18. The number of benzene rings is 3. The smallest absolute Gasteiger partial charge is 0.345 e. The fourth-order valence-electron chi connectivity index (χ4n) is 2.38. The predicted octanol–water partition coefficient (Wildman–Crippen LogP) is 3.79. The Labute approximate surface area is 181 Å². The van der Waals surface area contributed by atoms with E-state index >= 15 is 0 Å². The van der Waals surface area contributed by atoms with Gasteiger partial charge in [0, 0.05) is 5.69 Å². The van der Waals surface area contributed by atoms with E-state index in [1.807, 2.05) is 0 Å². The lowest BCUT2D eigenvalue weighted by Gasteiger charge is -2.06. The molecule has 0 aliphatic carbocycles. The third kappa shape index (κ3) is 6.22. The van der Waals surface area contributed by atoms with Gasteiger partial charge in [0.15, 0.2) is 0 Å². The Kier molecular flexibility index (Phi) is 7.08. The molecule has 3 rings (SSSR count). The zero-order chi connectivity index (χ0) is 22.2. The van der Waals surface area contributed by atoms with Crippen molar-refractivity contribution in [2.45, 2.75) is 0 Å². The molecule has 0 aromatic heterocycles. The highest BCUT2D eigenvalue weighted by Crippen LogP contribution is 2.19. The number of nitrogens with zero attached hydrogens (tertiary/aromatic N) is 1. The molecule has 0 aliphatic rings. The molecule has 2 amide bonds. The molecule has 0 saturated heterocycles. The fourth-order valence-corrected chi connectivity index (χ4v) is 2.60. The number of hydrazone groups is 1. The Balaban J connectivity index is 1.57. The first-order chi connectivity index (χ1) is 14.9. The average Bonchev–Trinajstić information content (AvgIpc) is 2.75. The molecular formula is C22H15ClFN3O4. The van der Waals surface area contributed by atoms with Crippen LogP contribution < -0.4 is 15.5 Å². The van der Waals surface area contributed by atoms with Gasteiger partial charge in [-0.3, -0.25) is 9.59 Å². The number of carbonyl (C=O) groups is 3. The quantitative estimate of drug-likeness (QED) is 0.208. The van der Waals surface area contributed by atoms with Gasteiger partial charge >= 0.3 is 17.8 Å². The van der Waals surface area contributed by atoms with Crippen LogP contribution in [-0.4, -0.2) is 24.0 Å². The van der Waals surface area contributed by atoms with E-state index in [2.05, 4.69) is 15.8 Å². The molecule has 0 fully saturated rings. The summed E-state index contributed by atoms with van der Waals surface area (Å²) in [5.41, 5.74) is 3.07. The summed E-state index contributed by atoms with van der Waals surface area (Å²) in [6.45, 7) is 0. The van der Waals surface area contributed by atoms with Gasteiger partial charge in [-0.25, -0.2) is 14.6 Å². The standard InChI is InChI=1S/C22H15ClFN3O4/c23-19-7-2-1-6-18(19)22(30)31-17-5-3-4-14(12-17)13-25-27-21(29)20(28)26-16-10-8-15(24)9-11-16/h1-13H,(H,26,28)(H,27,29). The minimum atomic E-state index is -1.01. The topological polar surface area (TPSA) is 96.9 Å². The molecule has 0 saturated carbocycles. The second-order valence-electron chi connectivity index (χ2n) is 6.10. The summed E-state index contributed by atoms with van der Waals surface area (Å²) in [6.07, 6.45) is 1.27. The normalized spacial score (nSPS) is 10.5. The highest BCUT2D eigenvalue weighted by Gasteiger charge is 2.13. The Morgan fingerprint density at radius 3 is 2.42 bits per heavy atom. The maximum Gasteiger partial charge on any atom is 0.345 e. The molecule has 0 spiro atoms. The minimum absolute atomic E-state index is 0.225. The summed E-state index contributed by atoms with van der Waals surface area (Å²) in [4.78, 5) is 35.9. The van der Waals surface area contributed by atoms with Crippen LogP contribution in [0.2, 0.25) is 5.02 Å². The lowest BCUT2D eigenvalue weighted by molar-refractivity contribution is -0.136. The van der Waals surface area contributed by atoms with E-state index < -0.39 is 23.6 Å². The number of anilines is 1. The largest absolute Gasteiger partial charge is 0.423 e. The SMILES string of the molecule is O=C(NN=Cc1cccc(OC(=O)c2ccccc2Cl)c1)C(=O)Nc1ccc(F)cc1. The molecule has 0 bridgehead atoms. The van der Waals surface area contributed by atoms with Gasteiger partial charge in [0.2, 0.25) is 0 Å². The zero-order valence-corrected chi connectivity index (χ0v) is 16.6. The van der Waals surface area contributed by atoms with Gasteiger partial charge < -0.3 is 10.1 Å². The molecule has 0 aliphatic heterocycles. The van der Waals surface area contributed by atoms with Gasteiger partial charge in [-0.15, -0.1) is 0 Å². The summed E-state index contributed by atoms with van der Waals surface area (Å²) in [5.74, 6) is -2.82. The molecule has 0 heterocycles. The number of ether oxygens (including phenoxy) is 1. The number of hydrogen-bond donors (Lipinski definition) is 2. The van der Waals surface area contributed by atoms with E-state index in [-0.39, 0.29) is 22.0 Å². The van der Waals surface area contributed by atoms with Gasteiger partial charge in [0.05, 0.1) is 16.8 Å². The highest BCUT2D eigenvalue weighted by molar-refractivity contribution is 6.39. The monoisotopic (exact) mass is 439 g/mol. The molecule has 0 unspecified atom stereocenters. The zero-order valence-electron chi connectivity index (χ0n) is 15.8. The van der Waals surface area contributed by atoms with Crippen LogP contribution in [0.1, 0.15) is 15.9 Å². The number of esters is 1. The molecule has 3 aromatic carbocycles. The van der Waals surface area contributed by atoms with E-state index in [4.69, 9.17) is 16.3 Å². The molecule has 0 radical (unpaired) electrons. The molecule has 3 aromatic rings. The van der Waals surface area contributed by atoms with Crippen LogP contribution in [0.5, 0.6) is 5.75 Å². The molecule has 7 nitrogen and oxygen atoms in total. The number of halogens is 2. The molecular weight excluding hydrogens is 425 g/mol. The maximum absolute atomic E-state index is 12.9. The van der Waals surface area contributed by atoms with Crippen LogP contribution >= 0.6 is 11.6 Å². The van der Waals surface area contributed by atoms with Crippen molar-refractivity contribution in [2.24, 2.45) is 5.10 Å². The van der Waals surface area contributed by atoms with Crippen molar-refractivity contribution < 1.29 is 23.5 Å². The van der Waals surface area contributed by atoms with Crippen LogP contribution in [0, 0.1) is 5.82 Å². The van der Waals surface area contributed by atoms with Gasteiger partial charge in [-0.1, -0.05) is 35.9 Å². The minimum Gasteiger partial charge on any atom is -0.423 e. The Morgan fingerprint density at radius 1 is 0.935 bits per heavy atom. The Bertz CT molecular complexity index is 1150. The lowest BCUT2D eigenvalue weighted by Crippen LogP contribution is -2.32. The van der Waals surface area contributed by atoms with E-state index in [1.54, 1.807) is 42.5 Å². The van der Waals surface area contributed by atoms with Crippen LogP contribution in [0.25, 0.3) is 0 Å². The number of nitrogens with one attached hydrogen (secondary N) is 2. The summed E-state index contributed by atoms with van der Waals surface area (Å²) in [7, 11) is 0. The Hall–Kier alpha value is -4.04. The predicted molar refractivity (Wildman–Crippen MR) is 114 cm³/mol. The van der Waals surface area contributed by atoms with Crippen molar-refractivity contribution in [3.8, 4) is 5.75 Å². The summed E-state index contributed by atoms with van der Waals surface area (Å²) < 4.78 is 18.2. The first kappa shape index (κ1) is 21.7. The highest BCUT2D eigenvalue weighted by atomic mass is 35.5. The van der Waals surface area contributed by atoms with Crippen molar-refractivity contribution in [3.05, 3.63) is 94.8 Å². The molecule has 2 N–H and O–H groups in total. The van der Waals surface area contributed by atoms with Gasteiger partial charge in [0.1, 0.15) is 11.6 Å².